The number of pyridine rings is 1. The molecule has 0 atom stereocenters. The molecule has 5 heteroatoms. The molecule has 1 N–H and O–H groups in total. The van der Waals surface area contributed by atoms with Crippen molar-refractivity contribution in [3.05, 3.63) is 22.8 Å². The molecule has 0 fully saturated rings. The highest BCUT2D eigenvalue weighted by Crippen LogP contribution is 2.17. The quantitative estimate of drug-likeness (QED) is 0.855. The molecule has 1 rings (SSSR count). The van der Waals surface area contributed by atoms with Gasteiger partial charge >= 0.3 is 0 Å². The van der Waals surface area contributed by atoms with Gasteiger partial charge in [0.15, 0.2) is 0 Å². The summed E-state index contributed by atoms with van der Waals surface area (Å²) < 4.78 is 0.696. The maximum absolute atomic E-state index is 11.0. The number of carbonyl (C=O) groups is 1. The molecule has 13 heavy (non-hydrogen) atoms. The van der Waals surface area contributed by atoms with Crippen LogP contribution in [0.2, 0.25) is 0 Å². The fourth-order valence-corrected chi connectivity index (χ4v) is 1.08. The fourth-order valence-electron chi connectivity index (χ4n) is 0.726. The Balaban J connectivity index is 2.70. The Morgan fingerprint density at radius 2 is 2.54 bits per heavy atom. The lowest BCUT2D eigenvalue weighted by atomic mass is 10.4. The van der Waals surface area contributed by atoms with Gasteiger partial charge in [0, 0.05) is 6.20 Å². The molecule has 0 bridgehead atoms. The second-order valence-electron chi connectivity index (χ2n) is 2.22. The van der Waals surface area contributed by atoms with Gasteiger partial charge in [-0.1, -0.05) is 0 Å². The number of rotatable bonds is 2. The van der Waals surface area contributed by atoms with E-state index < -0.39 is 0 Å². The van der Waals surface area contributed by atoms with Crippen molar-refractivity contribution in [3.63, 3.8) is 0 Å². The van der Waals surface area contributed by atoms with Gasteiger partial charge in [0.1, 0.15) is 12.2 Å². The largest absolute Gasteiger partial charge is 0.309 e. The normalized spacial score (nSPS) is 8.92. The van der Waals surface area contributed by atoms with Crippen LogP contribution in [-0.2, 0) is 4.79 Å². The summed E-state index contributed by atoms with van der Waals surface area (Å²) in [6.45, 7) is 0. The van der Waals surface area contributed by atoms with Gasteiger partial charge in [0.2, 0.25) is 5.91 Å². The average Bonchev–Trinajstić information content (AvgIpc) is 2.09. The number of halogens is 1. The second kappa shape index (κ2) is 4.58. The number of hydrogen-bond acceptors (Lipinski definition) is 3. The van der Waals surface area contributed by atoms with Crippen LogP contribution in [0.25, 0.3) is 0 Å². The standard InChI is InChI=1S/C8H6BrN3O/c9-6-2-1-5-11-8(6)12-7(13)3-4-10/h1-2,5H,3H2,(H,11,12,13). The first-order valence-corrected chi connectivity index (χ1v) is 4.30. The second-order valence-corrected chi connectivity index (χ2v) is 3.07. The first kappa shape index (κ1) is 9.68. The molecule has 0 aromatic carbocycles. The summed E-state index contributed by atoms with van der Waals surface area (Å²) in [5.74, 6) is 0.0738. The summed E-state index contributed by atoms with van der Waals surface area (Å²) in [4.78, 5) is 14.9. The van der Waals surface area contributed by atoms with Crippen molar-refractivity contribution < 1.29 is 4.79 Å². The van der Waals surface area contributed by atoms with Gasteiger partial charge in [-0.25, -0.2) is 4.98 Å². The van der Waals surface area contributed by atoms with Crippen LogP contribution in [0.15, 0.2) is 22.8 Å². The molecule has 1 amide bonds. The van der Waals surface area contributed by atoms with Gasteiger partial charge in [0.05, 0.1) is 10.5 Å². The van der Waals surface area contributed by atoms with Crippen LogP contribution < -0.4 is 5.32 Å². The molecule has 1 heterocycles. The monoisotopic (exact) mass is 239 g/mol. The van der Waals surface area contributed by atoms with Crippen LogP contribution in [0.3, 0.4) is 0 Å². The van der Waals surface area contributed by atoms with Gasteiger partial charge in [-0.3, -0.25) is 4.79 Å². The highest BCUT2D eigenvalue weighted by molar-refractivity contribution is 9.10. The molecular weight excluding hydrogens is 234 g/mol. The van der Waals surface area contributed by atoms with Gasteiger partial charge in [0.25, 0.3) is 0 Å². The molecule has 0 aliphatic carbocycles. The molecule has 1 aromatic heterocycles. The molecule has 0 unspecified atom stereocenters. The van der Waals surface area contributed by atoms with Gasteiger partial charge in [-0.15, -0.1) is 0 Å². The van der Waals surface area contributed by atoms with Crippen molar-refractivity contribution in [1.82, 2.24) is 4.98 Å². The van der Waals surface area contributed by atoms with Gasteiger partial charge in [-0.05, 0) is 28.1 Å². The molecule has 0 saturated heterocycles. The Hall–Kier alpha value is -1.41. The van der Waals surface area contributed by atoms with E-state index in [0.29, 0.717) is 10.3 Å². The highest BCUT2D eigenvalue weighted by atomic mass is 79.9. The smallest absolute Gasteiger partial charge is 0.239 e. The minimum Gasteiger partial charge on any atom is -0.309 e. The Morgan fingerprint density at radius 1 is 1.77 bits per heavy atom. The van der Waals surface area contributed by atoms with Crippen LogP contribution in [0.4, 0.5) is 5.82 Å². The summed E-state index contributed by atoms with van der Waals surface area (Å²) in [7, 11) is 0. The van der Waals surface area contributed by atoms with E-state index in [9.17, 15) is 4.79 Å². The zero-order chi connectivity index (χ0) is 9.68. The lowest BCUT2D eigenvalue weighted by molar-refractivity contribution is -0.115. The van der Waals surface area contributed by atoms with E-state index in [0.717, 1.165) is 0 Å². The third-order valence-corrected chi connectivity index (χ3v) is 1.90. The molecule has 4 nitrogen and oxygen atoms in total. The fraction of sp³-hybridized carbons (Fsp3) is 0.125. The molecule has 66 valence electrons. The summed E-state index contributed by atoms with van der Waals surface area (Å²) in [6.07, 6.45) is 1.40. The maximum atomic E-state index is 11.0. The molecule has 0 saturated carbocycles. The van der Waals surface area contributed by atoms with Crippen molar-refractivity contribution in [1.29, 1.82) is 5.26 Å². The molecule has 1 aromatic rings. The van der Waals surface area contributed by atoms with Crippen LogP contribution in [-0.4, -0.2) is 10.9 Å². The van der Waals surface area contributed by atoms with Gasteiger partial charge in [-0.2, -0.15) is 5.26 Å². The number of nitriles is 1. The number of aromatic nitrogens is 1. The molecular formula is C8H6BrN3O. The minimum atomic E-state index is -0.359. The zero-order valence-corrected chi connectivity index (χ0v) is 8.21. The highest BCUT2D eigenvalue weighted by Gasteiger charge is 2.04. The summed E-state index contributed by atoms with van der Waals surface area (Å²) in [5, 5.41) is 10.7. The van der Waals surface area contributed by atoms with Crippen LogP contribution >= 0.6 is 15.9 Å². The molecule has 0 spiro atoms. The summed E-state index contributed by atoms with van der Waals surface area (Å²) >= 11 is 3.22. The van der Waals surface area contributed by atoms with E-state index in [2.05, 4.69) is 26.2 Å². The van der Waals surface area contributed by atoms with Gasteiger partial charge < -0.3 is 5.32 Å². The van der Waals surface area contributed by atoms with E-state index in [-0.39, 0.29) is 12.3 Å². The predicted octanol–water partition coefficient (Wildman–Crippen LogP) is 1.70. The first-order valence-electron chi connectivity index (χ1n) is 3.51. The number of carbonyl (C=O) groups excluding carboxylic acids is 1. The zero-order valence-electron chi connectivity index (χ0n) is 6.62. The van der Waals surface area contributed by atoms with Crippen LogP contribution in [0, 0.1) is 11.3 Å². The van der Waals surface area contributed by atoms with E-state index in [4.69, 9.17) is 5.26 Å². The van der Waals surface area contributed by atoms with Crippen LogP contribution in [0.1, 0.15) is 6.42 Å². The van der Waals surface area contributed by atoms with E-state index in [1.807, 2.05) is 0 Å². The van der Waals surface area contributed by atoms with E-state index in [1.54, 1.807) is 24.4 Å². The maximum Gasteiger partial charge on any atom is 0.239 e. The first-order chi connectivity index (χ1) is 6.24. The van der Waals surface area contributed by atoms with Crippen molar-refractivity contribution in [3.8, 4) is 6.07 Å². The Morgan fingerprint density at radius 3 is 3.15 bits per heavy atom. The van der Waals surface area contributed by atoms with Crippen molar-refractivity contribution >= 4 is 27.7 Å². The lowest BCUT2D eigenvalue weighted by Gasteiger charge is -2.02. The minimum absolute atomic E-state index is 0.164. The Bertz CT molecular complexity index is 359. The predicted molar refractivity (Wildman–Crippen MR) is 50.8 cm³/mol. The molecule has 0 aliphatic rings. The lowest BCUT2D eigenvalue weighted by Crippen LogP contribution is -2.11. The van der Waals surface area contributed by atoms with E-state index >= 15 is 0 Å². The number of nitrogens with zero attached hydrogens (tertiary/aromatic N) is 2. The van der Waals surface area contributed by atoms with E-state index in [1.165, 1.54) is 0 Å². The van der Waals surface area contributed by atoms with Crippen molar-refractivity contribution in [2.24, 2.45) is 0 Å². The van der Waals surface area contributed by atoms with Crippen molar-refractivity contribution in [2.75, 3.05) is 5.32 Å². The SMILES string of the molecule is N#CCC(=O)Nc1ncccc1Br. The Kier molecular flexibility index (Phi) is 3.41. The van der Waals surface area contributed by atoms with Crippen molar-refractivity contribution in [2.45, 2.75) is 6.42 Å². The number of hydrogen-bond donors (Lipinski definition) is 1. The molecule has 0 aliphatic heterocycles. The average molecular weight is 240 g/mol. The Labute approximate surface area is 83.7 Å². The molecule has 0 radical (unpaired) electrons. The topological polar surface area (TPSA) is 65.8 Å². The number of amides is 1. The summed E-state index contributed by atoms with van der Waals surface area (Å²) in [5.41, 5.74) is 0. The third kappa shape index (κ3) is 2.84. The number of anilines is 1. The summed E-state index contributed by atoms with van der Waals surface area (Å²) in [6, 6.07) is 5.25. The third-order valence-electron chi connectivity index (χ3n) is 1.26. The number of nitrogens with one attached hydrogen (secondary N) is 1. The van der Waals surface area contributed by atoms with Crippen LogP contribution in [0.5, 0.6) is 0 Å².